The third kappa shape index (κ3) is 6.27. The van der Waals surface area contributed by atoms with Gasteiger partial charge in [0.25, 0.3) is 0 Å². The van der Waals surface area contributed by atoms with Crippen LogP contribution in [0.2, 0.25) is 0 Å². The van der Waals surface area contributed by atoms with Crippen molar-refractivity contribution in [1.82, 2.24) is 15.1 Å². The molecule has 2 aromatic carbocycles. The molecule has 0 unspecified atom stereocenters. The fourth-order valence-electron chi connectivity index (χ4n) is 2.84. The second-order valence-electron chi connectivity index (χ2n) is 7.11. The van der Waals surface area contributed by atoms with Crippen molar-refractivity contribution in [3.63, 3.8) is 0 Å². The molecule has 8 nitrogen and oxygen atoms in total. The van der Waals surface area contributed by atoms with E-state index in [2.05, 4.69) is 10.2 Å². The summed E-state index contributed by atoms with van der Waals surface area (Å²) in [7, 11) is 5.01. The van der Waals surface area contributed by atoms with Crippen LogP contribution in [0.4, 0.5) is 10.5 Å². The van der Waals surface area contributed by atoms with Crippen LogP contribution < -0.4 is 9.04 Å². The van der Waals surface area contributed by atoms with Gasteiger partial charge in [-0.2, -0.15) is 5.10 Å². The summed E-state index contributed by atoms with van der Waals surface area (Å²) in [4.78, 5) is 26.4. The van der Waals surface area contributed by atoms with Gasteiger partial charge in [-0.25, -0.2) is 9.10 Å². The first-order chi connectivity index (χ1) is 15.5. The van der Waals surface area contributed by atoms with E-state index in [1.165, 1.54) is 21.2 Å². The molecule has 0 fully saturated rings. The molecule has 0 aliphatic carbocycles. The molecule has 0 saturated heterocycles. The van der Waals surface area contributed by atoms with E-state index in [-0.39, 0.29) is 12.5 Å². The maximum atomic E-state index is 12.9. The number of aromatic amines is 1. The van der Waals surface area contributed by atoms with E-state index in [0.29, 0.717) is 23.6 Å². The molecule has 1 aromatic heterocycles. The zero-order valence-electron chi connectivity index (χ0n) is 18.3. The quantitative estimate of drug-likeness (QED) is 0.484. The van der Waals surface area contributed by atoms with Gasteiger partial charge in [0.1, 0.15) is 12.4 Å². The highest BCUT2D eigenvalue weighted by atomic mass is 32.2. The highest BCUT2D eigenvalue weighted by Gasteiger charge is 2.20. The molecule has 0 atom stereocenters. The molecular formula is C23H26N4O4S. The third-order valence-electron chi connectivity index (χ3n) is 4.63. The molecule has 0 radical (unpaired) electrons. The Morgan fingerprint density at radius 3 is 2.53 bits per heavy atom. The number of anilines is 1. The molecular weight excluding hydrogens is 428 g/mol. The highest BCUT2D eigenvalue weighted by Crippen LogP contribution is 2.28. The first-order valence-electron chi connectivity index (χ1n) is 10.00. The lowest BCUT2D eigenvalue weighted by molar-refractivity contribution is -0.128. The van der Waals surface area contributed by atoms with Gasteiger partial charge in [-0.3, -0.25) is 9.89 Å². The fraction of sp³-hybridized carbons (Fsp3) is 0.261. The standard InChI is InChI=1S/C23H26N4O4S/c1-26(2)22(28)11-12-32-27(20-9-7-18(8-10-20)19-14-24-25-15-19)23(29)31-16-17-5-4-6-21(13-17)30-3/h4-10,13-15H,11-12,16H2,1-3H3,(H,24,25). The zero-order valence-corrected chi connectivity index (χ0v) is 19.1. The monoisotopic (exact) mass is 454 g/mol. The summed E-state index contributed by atoms with van der Waals surface area (Å²) in [6.07, 6.45) is 3.34. The minimum Gasteiger partial charge on any atom is -0.497 e. The number of nitrogens with zero attached hydrogens (tertiary/aromatic N) is 3. The van der Waals surface area contributed by atoms with Crippen LogP contribution in [0.1, 0.15) is 12.0 Å². The number of ether oxygens (including phenoxy) is 2. The highest BCUT2D eigenvalue weighted by molar-refractivity contribution is 8.01. The Labute approximate surface area is 191 Å². The van der Waals surface area contributed by atoms with Gasteiger partial charge in [0.05, 0.1) is 19.0 Å². The van der Waals surface area contributed by atoms with Crippen LogP contribution in [-0.4, -0.2) is 54.1 Å². The average Bonchev–Trinajstić information content (AvgIpc) is 3.35. The number of carbonyl (C=O) groups is 2. The lowest BCUT2D eigenvalue weighted by Gasteiger charge is -2.21. The Hall–Kier alpha value is -3.46. The summed E-state index contributed by atoms with van der Waals surface area (Å²) in [5.74, 6) is 1.13. The summed E-state index contributed by atoms with van der Waals surface area (Å²) in [5, 5.41) is 6.75. The van der Waals surface area contributed by atoms with Crippen molar-refractivity contribution in [2.45, 2.75) is 13.0 Å². The van der Waals surface area contributed by atoms with Crippen LogP contribution in [0.3, 0.4) is 0 Å². The van der Waals surface area contributed by atoms with E-state index in [1.54, 1.807) is 33.6 Å². The number of carbonyl (C=O) groups excluding carboxylic acids is 2. The van der Waals surface area contributed by atoms with Crippen molar-refractivity contribution in [3.05, 3.63) is 66.5 Å². The number of aromatic nitrogens is 2. The number of H-pyrrole nitrogens is 1. The van der Waals surface area contributed by atoms with Gasteiger partial charge in [0.2, 0.25) is 5.91 Å². The molecule has 3 aromatic rings. The first-order valence-corrected chi connectivity index (χ1v) is 10.9. The number of methoxy groups -OCH3 is 1. The number of benzene rings is 2. The largest absolute Gasteiger partial charge is 0.497 e. The van der Waals surface area contributed by atoms with E-state index in [4.69, 9.17) is 9.47 Å². The Balaban J connectivity index is 1.71. The van der Waals surface area contributed by atoms with Gasteiger partial charge in [0, 0.05) is 38.0 Å². The Kier molecular flexibility index (Phi) is 8.15. The summed E-state index contributed by atoms with van der Waals surface area (Å²) in [6, 6.07) is 14.9. The molecule has 2 amide bonds. The smallest absolute Gasteiger partial charge is 0.424 e. The predicted octanol–water partition coefficient (Wildman–Crippen LogP) is 4.36. The average molecular weight is 455 g/mol. The number of hydrogen-bond acceptors (Lipinski definition) is 6. The summed E-state index contributed by atoms with van der Waals surface area (Å²) in [5.41, 5.74) is 3.41. The Morgan fingerprint density at radius 2 is 1.88 bits per heavy atom. The van der Waals surface area contributed by atoms with Crippen LogP contribution in [0, 0.1) is 0 Å². The van der Waals surface area contributed by atoms with Crippen molar-refractivity contribution in [1.29, 1.82) is 0 Å². The SMILES string of the molecule is COc1cccc(COC(=O)N(SCCC(=O)N(C)C)c2ccc(-c3cn[nH]c3)cc2)c1. The van der Waals surface area contributed by atoms with Crippen LogP contribution >= 0.6 is 11.9 Å². The van der Waals surface area contributed by atoms with Crippen LogP contribution in [0.15, 0.2) is 60.9 Å². The van der Waals surface area contributed by atoms with Crippen LogP contribution in [0.5, 0.6) is 5.75 Å². The number of hydrogen-bond donors (Lipinski definition) is 1. The van der Waals surface area contributed by atoms with Crippen molar-refractivity contribution >= 4 is 29.6 Å². The molecule has 32 heavy (non-hydrogen) atoms. The Morgan fingerprint density at radius 1 is 1.09 bits per heavy atom. The molecule has 0 aliphatic heterocycles. The normalized spacial score (nSPS) is 10.5. The van der Waals surface area contributed by atoms with E-state index in [0.717, 1.165) is 16.7 Å². The summed E-state index contributed by atoms with van der Waals surface area (Å²) < 4.78 is 12.2. The van der Waals surface area contributed by atoms with Gasteiger partial charge in [-0.15, -0.1) is 0 Å². The van der Waals surface area contributed by atoms with Gasteiger partial charge in [0.15, 0.2) is 0 Å². The molecule has 0 aliphatic rings. The lowest BCUT2D eigenvalue weighted by Crippen LogP contribution is -2.27. The molecule has 3 rings (SSSR count). The van der Waals surface area contributed by atoms with E-state index in [9.17, 15) is 9.59 Å². The van der Waals surface area contributed by atoms with Crippen molar-refractivity contribution < 1.29 is 19.1 Å². The van der Waals surface area contributed by atoms with Gasteiger partial charge in [-0.05, 0) is 47.3 Å². The minimum absolute atomic E-state index is 0.00231. The molecule has 0 spiro atoms. The van der Waals surface area contributed by atoms with Gasteiger partial charge in [-0.1, -0.05) is 24.3 Å². The summed E-state index contributed by atoms with van der Waals surface area (Å²) >= 11 is 1.24. The molecule has 0 saturated carbocycles. The van der Waals surface area contributed by atoms with E-state index >= 15 is 0 Å². The third-order valence-corrected chi connectivity index (χ3v) is 5.64. The second kappa shape index (κ2) is 11.2. The van der Waals surface area contributed by atoms with Crippen LogP contribution in [-0.2, 0) is 16.1 Å². The fourth-order valence-corrected chi connectivity index (χ4v) is 3.72. The van der Waals surface area contributed by atoms with Gasteiger partial charge < -0.3 is 14.4 Å². The maximum absolute atomic E-state index is 12.9. The molecule has 1 heterocycles. The lowest BCUT2D eigenvalue weighted by atomic mass is 10.1. The van der Waals surface area contributed by atoms with Crippen molar-refractivity contribution in [2.75, 3.05) is 31.3 Å². The van der Waals surface area contributed by atoms with Gasteiger partial charge >= 0.3 is 6.09 Å². The maximum Gasteiger partial charge on any atom is 0.424 e. The molecule has 9 heteroatoms. The second-order valence-corrected chi connectivity index (χ2v) is 8.14. The number of nitrogens with one attached hydrogen (secondary N) is 1. The Bertz CT molecular complexity index is 1020. The van der Waals surface area contributed by atoms with Crippen molar-refractivity contribution in [2.24, 2.45) is 0 Å². The predicted molar refractivity (Wildman–Crippen MR) is 125 cm³/mol. The number of rotatable bonds is 9. The summed E-state index contributed by atoms with van der Waals surface area (Å²) in [6.45, 7) is 0.108. The topological polar surface area (TPSA) is 87.8 Å². The molecule has 0 bridgehead atoms. The van der Waals surface area contributed by atoms with Crippen LogP contribution in [0.25, 0.3) is 11.1 Å². The van der Waals surface area contributed by atoms with Crippen molar-refractivity contribution in [3.8, 4) is 16.9 Å². The zero-order chi connectivity index (χ0) is 22.9. The van der Waals surface area contributed by atoms with E-state index in [1.807, 2.05) is 48.5 Å². The molecule has 168 valence electrons. The minimum atomic E-state index is -0.508. The van der Waals surface area contributed by atoms with E-state index < -0.39 is 6.09 Å². The number of amides is 2. The first kappa shape index (κ1) is 23.2. The molecule has 1 N–H and O–H groups in total.